The van der Waals surface area contributed by atoms with Gasteiger partial charge >= 0.3 is 0 Å². The van der Waals surface area contributed by atoms with Crippen molar-refractivity contribution >= 4 is 5.91 Å². The van der Waals surface area contributed by atoms with Crippen LogP contribution in [0.1, 0.15) is 31.6 Å². The Labute approximate surface area is 136 Å². The van der Waals surface area contributed by atoms with Gasteiger partial charge in [0.25, 0.3) is 5.91 Å². The summed E-state index contributed by atoms with van der Waals surface area (Å²) in [6.45, 7) is 5.49. The van der Waals surface area contributed by atoms with E-state index in [-0.39, 0.29) is 12.5 Å². The minimum atomic E-state index is -1.26. The highest BCUT2D eigenvalue weighted by Gasteiger charge is 2.28. The number of furan rings is 1. The van der Waals surface area contributed by atoms with Gasteiger partial charge in [0.1, 0.15) is 17.1 Å². The molecule has 0 radical (unpaired) electrons. The van der Waals surface area contributed by atoms with Crippen LogP contribution in [0.3, 0.4) is 0 Å². The number of benzene rings is 1. The van der Waals surface area contributed by atoms with Crippen molar-refractivity contribution < 1.29 is 19.1 Å². The molecular weight excluding hydrogens is 294 g/mol. The number of hydrogen-bond donors (Lipinski definition) is 2. The lowest BCUT2D eigenvalue weighted by Gasteiger charge is -2.23. The highest BCUT2D eigenvalue weighted by Crippen LogP contribution is 2.20. The molecule has 0 aliphatic heterocycles. The van der Waals surface area contributed by atoms with Gasteiger partial charge < -0.3 is 19.6 Å². The highest BCUT2D eigenvalue weighted by atomic mass is 16.5. The fraction of sp³-hybridized carbons (Fsp3) is 0.389. The first-order valence-electron chi connectivity index (χ1n) is 7.70. The number of rotatable bonds is 7. The maximum Gasteiger partial charge on any atom is 0.261 e. The monoisotopic (exact) mass is 317 g/mol. The van der Waals surface area contributed by atoms with Gasteiger partial charge in [-0.05, 0) is 50.1 Å². The largest absolute Gasteiger partial charge is 0.481 e. The van der Waals surface area contributed by atoms with Crippen molar-refractivity contribution in [2.45, 2.75) is 38.9 Å². The third kappa shape index (κ3) is 4.60. The second kappa shape index (κ2) is 7.33. The lowest BCUT2D eigenvalue weighted by molar-refractivity contribution is -0.129. The minimum absolute atomic E-state index is 0.0486. The van der Waals surface area contributed by atoms with Gasteiger partial charge in [0.2, 0.25) is 0 Å². The molecule has 0 saturated carbocycles. The van der Waals surface area contributed by atoms with Crippen LogP contribution in [0.5, 0.6) is 5.75 Å². The maximum atomic E-state index is 12.3. The number of aryl methyl sites for hydroxylation is 1. The van der Waals surface area contributed by atoms with E-state index in [1.165, 1.54) is 6.26 Å². The lowest BCUT2D eigenvalue weighted by Crippen LogP contribution is -2.44. The summed E-state index contributed by atoms with van der Waals surface area (Å²) in [7, 11) is 0. The first-order valence-corrected chi connectivity index (χ1v) is 7.70. The first-order chi connectivity index (χ1) is 10.9. The zero-order valence-electron chi connectivity index (χ0n) is 13.7. The normalized spacial score (nSPS) is 14.8. The minimum Gasteiger partial charge on any atom is -0.481 e. The zero-order valence-corrected chi connectivity index (χ0v) is 13.7. The molecule has 2 rings (SSSR count). The van der Waals surface area contributed by atoms with Crippen molar-refractivity contribution in [1.29, 1.82) is 0 Å². The zero-order chi connectivity index (χ0) is 16.9. The summed E-state index contributed by atoms with van der Waals surface area (Å²) in [6.07, 6.45) is 1.41. The van der Waals surface area contributed by atoms with E-state index in [9.17, 15) is 9.90 Å². The quantitative estimate of drug-likeness (QED) is 0.823. The Morgan fingerprint density at radius 1 is 1.39 bits per heavy atom. The third-order valence-electron chi connectivity index (χ3n) is 3.59. The summed E-state index contributed by atoms with van der Waals surface area (Å²) in [5.74, 6) is 0.802. The molecule has 5 nitrogen and oxygen atoms in total. The summed E-state index contributed by atoms with van der Waals surface area (Å²) < 4.78 is 10.9. The van der Waals surface area contributed by atoms with Crippen LogP contribution in [0, 0.1) is 6.92 Å². The molecule has 2 aromatic rings. The molecule has 0 aliphatic rings. The van der Waals surface area contributed by atoms with Crippen LogP contribution in [0.4, 0.5) is 0 Å². The standard InChI is InChI=1S/C18H23NO4/c1-4-15(23-14-8-5-7-13(2)11-14)17(20)19-12-18(3,21)16-9-6-10-22-16/h5-11,15,21H,4,12H2,1-3H3,(H,19,20). The van der Waals surface area contributed by atoms with Gasteiger partial charge in [0.15, 0.2) is 6.10 Å². The Balaban J connectivity index is 1.95. The summed E-state index contributed by atoms with van der Waals surface area (Å²) in [6, 6.07) is 10.9. The summed E-state index contributed by atoms with van der Waals surface area (Å²) in [5.41, 5.74) is -0.195. The summed E-state index contributed by atoms with van der Waals surface area (Å²) in [5, 5.41) is 13.1. The number of aliphatic hydroxyl groups is 1. The molecule has 2 unspecified atom stereocenters. The van der Waals surface area contributed by atoms with Crippen molar-refractivity contribution in [3.8, 4) is 5.75 Å². The van der Waals surface area contributed by atoms with E-state index in [2.05, 4.69) is 5.32 Å². The second-order valence-electron chi connectivity index (χ2n) is 5.80. The smallest absolute Gasteiger partial charge is 0.261 e. The van der Waals surface area contributed by atoms with Crippen LogP contribution in [0.25, 0.3) is 0 Å². The molecule has 124 valence electrons. The molecule has 1 aromatic heterocycles. The SMILES string of the molecule is CCC(Oc1cccc(C)c1)C(=O)NCC(C)(O)c1ccco1. The molecule has 0 saturated heterocycles. The van der Waals surface area contributed by atoms with Crippen molar-refractivity contribution in [1.82, 2.24) is 5.32 Å². The summed E-state index contributed by atoms with van der Waals surface area (Å²) in [4.78, 5) is 12.3. The topological polar surface area (TPSA) is 71.7 Å². The Morgan fingerprint density at radius 3 is 2.78 bits per heavy atom. The Morgan fingerprint density at radius 2 is 2.17 bits per heavy atom. The van der Waals surface area contributed by atoms with Crippen LogP contribution >= 0.6 is 0 Å². The van der Waals surface area contributed by atoms with Crippen LogP contribution in [0.15, 0.2) is 47.1 Å². The Hall–Kier alpha value is -2.27. The van der Waals surface area contributed by atoms with Crippen molar-refractivity contribution in [2.75, 3.05) is 6.54 Å². The number of hydrogen-bond acceptors (Lipinski definition) is 4. The first kappa shape index (κ1) is 17.1. The van der Waals surface area contributed by atoms with Crippen molar-refractivity contribution in [3.05, 3.63) is 54.0 Å². The van der Waals surface area contributed by atoms with Crippen LogP contribution < -0.4 is 10.1 Å². The van der Waals surface area contributed by atoms with Gasteiger partial charge in [-0.25, -0.2) is 0 Å². The fourth-order valence-corrected chi connectivity index (χ4v) is 2.22. The Kier molecular flexibility index (Phi) is 5.45. The van der Waals surface area contributed by atoms with Gasteiger partial charge in [-0.2, -0.15) is 0 Å². The van der Waals surface area contributed by atoms with Gasteiger partial charge in [-0.3, -0.25) is 4.79 Å². The average molecular weight is 317 g/mol. The second-order valence-corrected chi connectivity index (χ2v) is 5.80. The van der Waals surface area contributed by atoms with Gasteiger partial charge in [-0.1, -0.05) is 19.1 Å². The van der Waals surface area contributed by atoms with Crippen molar-refractivity contribution in [2.24, 2.45) is 0 Å². The van der Waals surface area contributed by atoms with E-state index in [1.54, 1.807) is 19.1 Å². The van der Waals surface area contributed by atoms with Crippen LogP contribution in [0.2, 0.25) is 0 Å². The molecule has 0 spiro atoms. The molecule has 2 atom stereocenters. The van der Waals surface area contributed by atoms with E-state index in [0.717, 1.165) is 5.56 Å². The van der Waals surface area contributed by atoms with E-state index < -0.39 is 11.7 Å². The van der Waals surface area contributed by atoms with E-state index >= 15 is 0 Å². The molecule has 5 heteroatoms. The van der Waals surface area contributed by atoms with E-state index in [0.29, 0.717) is 17.9 Å². The number of nitrogens with one attached hydrogen (secondary N) is 1. The number of amides is 1. The summed E-state index contributed by atoms with van der Waals surface area (Å²) >= 11 is 0. The molecule has 1 amide bonds. The predicted molar refractivity (Wildman–Crippen MR) is 87.2 cm³/mol. The van der Waals surface area contributed by atoms with Gasteiger partial charge in [0.05, 0.1) is 12.8 Å². The average Bonchev–Trinajstić information content (AvgIpc) is 3.06. The highest BCUT2D eigenvalue weighted by molar-refractivity contribution is 5.81. The van der Waals surface area contributed by atoms with Crippen molar-refractivity contribution in [3.63, 3.8) is 0 Å². The molecule has 1 aromatic carbocycles. The molecule has 0 fully saturated rings. The number of carbonyl (C=O) groups excluding carboxylic acids is 1. The molecule has 0 aliphatic carbocycles. The maximum absolute atomic E-state index is 12.3. The molecule has 23 heavy (non-hydrogen) atoms. The fourth-order valence-electron chi connectivity index (χ4n) is 2.22. The lowest BCUT2D eigenvalue weighted by atomic mass is 10.0. The van der Waals surface area contributed by atoms with E-state index in [1.807, 2.05) is 38.1 Å². The molecule has 0 bridgehead atoms. The molecular formula is C18H23NO4. The van der Waals surface area contributed by atoms with Crippen LogP contribution in [-0.4, -0.2) is 23.7 Å². The Bertz CT molecular complexity index is 634. The van der Waals surface area contributed by atoms with Gasteiger partial charge in [0, 0.05) is 0 Å². The van der Waals surface area contributed by atoms with Crippen LogP contribution in [-0.2, 0) is 10.4 Å². The predicted octanol–water partition coefficient (Wildman–Crippen LogP) is 2.77. The number of carbonyl (C=O) groups is 1. The molecule has 2 N–H and O–H groups in total. The van der Waals surface area contributed by atoms with E-state index in [4.69, 9.17) is 9.15 Å². The molecule has 1 heterocycles. The number of ether oxygens (including phenoxy) is 1. The third-order valence-corrected chi connectivity index (χ3v) is 3.59. The van der Waals surface area contributed by atoms with Gasteiger partial charge in [-0.15, -0.1) is 0 Å².